The molecule has 1 amide bonds. The van der Waals surface area contributed by atoms with E-state index < -0.39 is 40.4 Å². The van der Waals surface area contributed by atoms with E-state index >= 15 is 0 Å². The van der Waals surface area contributed by atoms with Gasteiger partial charge < -0.3 is 9.64 Å². The molecule has 1 aliphatic heterocycles. The molecule has 0 bridgehead atoms. The zero-order chi connectivity index (χ0) is 19.5. The van der Waals surface area contributed by atoms with E-state index in [0.29, 0.717) is 12.8 Å². The molecule has 10 heteroatoms. The summed E-state index contributed by atoms with van der Waals surface area (Å²) >= 11 is 5.92. The van der Waals surface area contributed by atoms with Crippen LogP contribution in [0.3, 0.4) is 0 Å². The minimum Gasteiger partial charge on any atom is -0.454 e. The van der Waals surface area contributed by atoms with Gasteiger partial charge in [-0.25, -0.2) is 12.8 Å². The Morgan fingerprint density at radius 2 is 2.12 bits per heavy atom. The van der Waals surface area contributed by atoms with E-state index in [9.17, 15) is 22.4 Å². The highest BCUT2D eigenvalue weighted by atomic mass is 35.5. The second-order valence-corrected chi connectivity index (χ2v) is 8.43. The molecule has 0 N–H and O–H groups in total. The summed E-state index contributed by atoms with van der Waals surface area (Å²) in [5.74, 6) is -1.86. The molecule has 0 unspecified atom stereocenters. The lowest BCUT2D eigenvalue weighted by molar-refractivity contribution is -0.154. The number of carbonyl (C=O) groups excluding carboxylic acids is 2. The molecule has 0 radical (unpaired) electrons. The van der Waals surface area contributed by atoms with Gasteiger partial charge in [0.05, 0.1) is 6.26 Å². The molecule has 144 valence electrons. The van der Waals surface area contributed by atoms with E-state index in [1.807, 2.05) is 0 Å². The van der Waals surface area contributed by atoms with Crippen LogP contribution < -0.4 is 0 Å². The Morgan fingerprint density at radius 3 is 2.73 bits per heavy atom. The molecule has 26 heavy (non-hydrogen) atoms. The van der Waals surface area contributed by atoms with Crippen molar-refractivity contribution in [2.24, 2.45) is 0 Å². The van der Waals surface area contributed by atoms with Crippen molar-refractivity contribution in [2.45, 2.75) is 25.4 Å². The van der Waals surface area contributed by atoms with Crippen LogP contribution in [0.1, 0.15) is 18.4 Å². The molecule has 1 aromatic carbocycles. The van der Waals surface area contributed by atoms with Gasteiger partial charge in [-0.15, -0.1) is 0 Å². The Labute approximate surface area is 156 Å². The number of sulfonamides is 1. The summed E-state index contributed by atoms with van der Waals surface area (Å²) in [6, 6.07) is 3.29. The summed E-state index contributed by atoms with van der Waals surface area (Å²) in [5.41, 5.74) is 0.162. The third-order valence-electron chi connectivity index (χ3n) is 4.12. The quantitative estimate of drug-likeness (QED) is 0.667. The molecular weight excluding hydrogens is 387 g/mol. The maximum Gasteiger partial charge on any atom is 0.324 e. The van der Waals surface area contributed by atoms with Crippen molar-refractivity contribution >= 4 is 33.5 Å². The van der Waals surface area contributed by atoms with Gasteiger partial charge in [-0.1, -0.05) is 17.7 Å². The van der Waals surface area contributed by atoms with Crippen molar-refractivity contribution in [1.29, 1.82) is 0 Å². The van der Waals surface area contributed by atoms with Crippen LogP contribution in [0.25, 0.3) is 0 Å². The van der Waals surface area contributed by atoms with Crippen molar-refractivity contribution < 1.29 is 27.1 Å². The summed E-state index contributed by atoms with van der Waals surface area (Å²) in [6.07, 6.45) is 1.92. The van der Waals surface area contributed by atoms with Crippen molar-refractivity contribution in [3.63, 3.8) is 0 Å². The minimum atomic E-state index is -3.52. The lowest BCUT2D eigenvalue weighted by atomic mass is 10.2. The Morgan fingerprint density at radius 1 is 1.42 bits per heavy atom. The number of carbonyl (C=O) groups is 2. The number of hydrogen-bond acceptors (Lipinski definition) is 5. The van der Waals surface area contributed by atoms with Crippen molar-refractivity contribution in [1.82, 2.24) is 9.21 Å². The van der Waals surface area contributed by atoms with Gasteiger partial charge in [0.2, 0.25) is 10.0 Å². The fraction of sp³-hybridized carbons (Fsp3) is 0.500. The Kier molecular flexibility index (Phi) is 6.59. The number of rotatable bonds is 6. The van der Waals surface area contributed by atoms with Gasteiger partial charge in [0, 0.05) is 30.7 Å². The molecule has 1 atom stereocenters. The number of benzene rings is 1. The highest BCUT2D eigenvalue weighted by Crippen LogP contribution is 2.22. The van der Waals surface area contributed by atoms with E-state index in [1.54, 1.807) is 0 Å². The monoisotopic (exact) mass is 406 g/mol. The highest BCUT2D eigenvalue weighted by molar-refractivity contribution is 7.88. The van der Waals surface area contributed by atoms with Crippen LogP contribution in [-0.2, 0) is 30.9 Å². The first-order valence-electron chi connectivity index (χ1n) is 7.91. The normalized spacial score (nSPS) is 17.9. The average molecular weight is 407 g/mol. The summed E-state index contributed by atoms with van der Waals surface area (Å²) < 4.78 is 43.1. The largest absolute Gasteiger partial charge is 0.454 e. The number of hydrogen-bond donors (Lipinski definition) is 0. The molecule has 1 aromatic rings. The molecule has 0 spiro atoms. The summed E-state index contributed by atoms with van der Waals surface area (Å²) in [4.78, 5) is 25.4. The molecule has 0 saturated carbocycles. The summed E-state index contributed by atoms with van der Waals surface area (Å²) in [7, 11) is -2.09. The number of esters is 1. The van der Waals surface area contributed by atoms with Crippen LogP contribution in [0.5, 0.6) is 0 Å². The predicted octanol–water partition coefficient (Wildman–Crippen LogP) is 1.40. The van der Waals surface area contributed by atoms with Crippen molar-refractivity contribution in [3.05, 3.63) is 34.6 Å². The maximum absolute atomic E-state index is 13.8. The average Bonchev–Trinajstić information content (AvgIpc) is 3.05. The van der Waals surface area contributed by atoms with E-state index in [0.717, 1.165) is 10.6 Å². The number of nitrogens with zero attached hydrogens (tertiary/aromatic N) is 2. The molecule has 1 aliphatic rings. The first-order valence-corrected chi connectivity index (χ1v) is 10.1. The molecule has 7 nitrogen and oxygen atoms in total. The molecule has 0 aliphatic carbocycles. The molecular formula is C16H20ClFN2O5S. The topological polar surface area (TPSA) is 84.0 Å². The fourth-order valence-corrected chi connectivity index (χ4v) is 4.06. The number of likely N-dealkylation sites (N-methyl/N-ethyl adjacent to an activating group) is 1. The van der Waals surface area contributed by atoms with Crippen LogP contribution in [0.4, 0.5) is 4.39 Å². The van der Waals surface area contributed by atoms with Crippen LogP contribution in [0.2, 0.25) is 5.02 Å². The maximum atomic E-state index is 13.8. The smallest absolute Gasteiger partial charge is 0.324 e. The van der Waals surface area contributed by atoms with E-state index in [4.69, 9.17) is 16.3 Å². The third kappa shape index (κ3) is 4.93. The first-order chi connectivity index (χ1) is 12.1. The van der Waals surface area contributed by atoms with Gasteiger partial charge in [-0.3, -0.25) is 9.59 Å². The number of ether oxygens (including phenoxy) is 1. The van der Waals surface area contributed by atoms with E-state index in [2.05, 4.69) is 0 Å². The van der Waals surface area contributed by atoms with Gasteiger partial charge in [0.1, 0.15) is 11.9 Å². The third-order valence-corrected chi connectivity index (χ3v) is 5.77. The van der Waals surface area contributed by atoms with Crippen molar-refractivity contribution in [2.75, 3.05) is 26.5 Å². The lowest BCUT2D eigenvalue weighted by Gasteiger charge is -2.22. The Hall–Kier alpha value is -1.71. The van der Waals surface area contributed by atoms with Crippen LogP contribution >= 0.6 is 11.6 Å². The zero-order valence-corrected chi connectivity index (χ0v) is 16.0. The second kappa shape index (κ2) is 8.32. The zero-order valence-electron chi connectivity index (χ0n) is 14.4. The number of halogens is 2. The van der Waals surface area contributed by atoms with Crippen LogP contribution in [-0.4, -0.2) is 62.0 Å². The Balaban J connectivity index is 1.92. The van der Waals surface area contributed by atoms with Crippen molar-refractivity contribution in [3.8, 4) is 0 Å². The SMILES string of the molecule is CN(Cc1c(F)cccc1Cl)C(=O)COC(=O)[C@@H]1CCCN1S(C)(=O)=O. The number of amides is 1. The van der Waals surface area contributed by atoms with Gasteiger partial charge in [0.15, 0.2) is 6.61 Å². The van der Waals surface area contributed by atoms with Gasteiger partial charge in [-0.2, -0.15) is 4.31 Å². The summed E-state index contributed by atoms with van der Waals surface area (Å²) in [6.45, 7) is -0.394. The molecule has 0 aromatic heterocycles. The Bertz CT molecular complexity index is 782. The van der Waals surface area contributed by atoms with Gasteiger partial charge in [-0.05, 0) is 25.0 Å². The molecule has 1 saturated heterocycles. The predicted molar refractivity (Wildman–Crippen MR) is 93.4 cm³/mol. The van der Waals surface area contributed by atoms with Crippen LogP contribution in [0, 0.1) is 5.82 Å². The fourth-order valence-electron chi connectivity index (χ4n) is 2.72. The first kappa shape index (κ1) is 20.6. The second-order valence-electron chi connectivity index (χ2n) is 6.09. The highest BCUT2D eigenvalue weighted by Gasteiger charge is 2.37. The lowest BCUT2D eigenvalue weighted by Crippen LogP contribution is -2.42. The standard InChI is InChI=1S/C16H20ClFN2O5S/c1-19(9-11-12(17)5-3-6-13(11)18)15(21)10-25-16(22)14-7-4-8-20(14)26(2,23)24/h3,5-6,14H,4,7-10H2,1-2H3/t14-/m0/s1. The van der Waals surface area contributed by atoms with Crippen LogP contribution in [0.15, 0.2) is 18.2 Å². The molecule has 2 rings (SSSR count). The molecule has 1 fully saturated rings. The van der Waals surface area contributed by atoms with Gasteiger partial charge in [0.25, 0.3) is 5.91 Å². The molecule has 1 heterocycles. The van der Waals surface area contributed by atoms with E-state index in [1.165, 1.54) is 30.1 Å². The van der Waals surface area contributed by atoms with Gasteiger partial charge >= 0.3 is 5.97 Å². The minimum absolute atomic E-state index is 0.0826. The van der Waals surface area contributed by atoms with E-state index in [-0.39, 0.29) is 23.7 Å². The summed E-state index contributed by atoms with van der Waals surface area (Å²) in [5, 5.41) is 0.191.